The zero-order valence-corrected chi connectivity index (χ0v) is 16.7. The lowest BCUT2D eigenvalue weighted by molar-refractivity contribution is -0.153. The molecule has 1 aliphatic carbocycles. The van der Waals surface area contributed by atoms with Crippen molar-refractivity contribution in [2.24, 2.45) is 11.8 Å². The van der Waals surface area contributed by atoms with Crippen LogP contribution in [-0.4, -0.2) is 46.1 Å². The summed E-state index contributed by atoms with van der Waals surface area (Å²) in [5.41, 5.74) is 0.987. The summed E-state index contributed by atoms with van der Waals surface area (Å²) in [5.74, 6) is -0.726. The molecule has 3 aliphatic rings. The largest absolute Gasteiger partial charge is 0.338 e. The third-order valence-electron chi connectivity index (χ3n) is 6.83. The van der Waals surface area contributed by atoms with Gasteiger partial charge >= 0.3 is 0 Å². The number of amides is 3. The van der Waals surface area contributed by atoms with Gasteiger partial charge in [0.15, 0.2) is 0 Å². The second-order valence-corrected chi connectivity index (χ2v) is 8.63. The molecule has 4 rings (SSSR count). The summed E-state index contributed by atoms with van der Waals surface area (Å²) >= 11 is 0. The fraction of sp³-hybridized carbons (Fsp3) is 0.609. The summed E-state index contributed by atoms with van der Waals surface area (Å²) in [6.07, 6.45) is 7.04. The number of hydrogen-bond acceptors (Lipinski definition) is 3. The zero-order valence-electron chi connectivity index (χ0n) is 16.7. The van der Waals surface area contributed by atoms with Crippen molar-refractivity contribution in [3.8, 4) is 0 Å². The van der Waals surface area contributed by atoms with Crippen molar-refractivity contribution < 1.29 is 14.4 Å². The number of likely N-dealkylation sites (tertiary alicyclic amines) is 2. The number of carbonyl (C=O) groups is 3. The van der Waals surface area contributed by atoms with Gasteiger partial charge in [0.1, 0.15) is 6.04 Å². The van der Waals surface area contributed by atoms with E-state index in [1.807, 2.05) is 35.2 Å². The molecule has 2 aliphatic heterocycles. The number of piperidine rings is 1. The molecule has 4 atom stereocenters. The van der Waals surface area contributed by atoms with Crippen LogP contribution in [0.1, 0.15) is 57.4 Å². The van der Waals surface area contributed by atoms with E-state index >= 15 is 0 Å². The minimum absolute atomic E-state index is 0.0589. The Balaban J connectivity index is 1.65. The first-order chi connectivity index (χ1) is 13.6. The summed E-state index contributed by atoms with van der Waals surface area (Å²) in [5, 5.41) is 0. The summed E-state index contributed by atoms with van der Waals surface area (Å²) in [4.78, 5) is 43.2. The summed E-state index contributed by atoms with van der Waals surface area (Å²) < 4.78 is 0. The van der Waals surface area contributed by atoms with Crippen molar-refractivity contribution in [2.75, 3.05) is 6.54 Å². The average Bonchev–Trinajstić information content (AvgIpc) is 2.98. The van der Waals surface area contributed by atoms with Gasteiger partial charge in [-0.3, -0.25) is 19.3 Å². The van der Waals surface area contributed by atoms with E-state index in [0.717, 1.165) is 50.5 Å². The minimum Gasteiger partial charge on any atom is -0.338 e. The number of carbonyl (C=O) groups excluding carboxylic acids is 3. The zero-order chi connectivity index (χ0) is 19.7. The third-order valence-corrected chi connectivity index (χ3v) is 6.83. The number of hydrogen-bond donors (Lipinski definition) is 0. The Morgan fingerprint density at radius 3 is 2.18 bits per heavy atom. The Hall–Kier alpha value is -2.17. The van der Waals surface area contributed by atoms with Crippen LogP contribution in [0.5, 0.6) is 0 Å². The Kier molecular flexibility index (Phi) is 5.51. The molecule has 2 heterocycles. The predicted octanol–water partition coefficient (Wildman–Crippen LogP) is 3.17. The van der Waals surface area contributed by atoms with Crippen molar-refractivity contribution in [1.82, 2.24) is 9.80 Å². The van der Waals surface area contributed by atoms with E-state index in [4.69, 9.17) is 0 Å². The van der Waals surface area contributed by atoms with Crippen LogP contribution < -0.4 is 0 Å². The van der Waals surface area contributed by atoms with Gasteiger partial charge in [-0.05, 0) is 44.6 Å². The van der Waals surface area contributed by atoms with Crippen LogP contribution in [0.3, 0.4) is 0 Å². The summed E-state index contributed by atoms with van der Waals surface area (Å²) in [6, 6.07) is 9.20. The second-order valence-electron chi connectivity index (χ2n) is 8.63. The van der Waals surface area contributed by atoms with Crippen molar-refractivity contribution in [3.63, 3.8) is 0 Å². The molecule has 0 aromatic heterocycles. The predicted molar refractivity (Wildman–Crippen MR) is 106 cm³/mol. The highest BCUT2D eigenvalue weighted by atomic mass is 16.2. The van der Waals surface area contributed by atoms with E-state index < -0.39 is 6.04 Å². The molecule has 0 N–H and O–H groups in total. The number of fused-ring (bicyclic) bond motifs is 1. The Morgan fingerprint density at radius 2 is 1.57 bits per heavy atom. The quantitative estimate of drug-likeness (QED) is 0.752. The molecule has 3 amide bonds. The fourth-order valence-corrected chi connectivity index (χ4v) is 5.24. The van der Waals surface area contributed by atoms with E-state index in [-0.39, 0.29) is 35.6 Å². The van der Waals surface area contributed by atoms with Crippen LogP contribution in [0, 0.1) is 11.8 Å². The molecule has 0 bridgehead atoms. The average molecular weight is 383 g/mol. The SMILES string of the molecule is C[C@H]1CCCCN1C(=O)[C@H](Cc1ccccc1)N1C(=O)[C@H]2CCCC[C@@H]2C1=O. The molecule has 0 unspecified atom stereocenters. The van der Waals surface area contributed by atoms with Crippen molar-refractivity contribution in [1.29, 1.82) is 0 Å². The van der Waals surface area contributed by atoms with Crippen LogP contribution in [0.25, 0.3) is 0 Å². The number of rotatable bonds is 4. The van der Waals surface area contributed by atoms with E-state index in [1.165, 1.54) is 4.90 Å². The normalized spacial score (nSPS) is 29.0. The van der Waals surface area contributed by atoms with Crippen LogP contribution in [0.15, 0.2) is 30.3 Å². The van der Waals surface area contributed by atoms with Gasteiger partial charge in [-0.2, -0.15) is 0 Å². The van der Waals surface area contributed by atoms with Gasteiger partial charge in [-0.15, -0.1) is 0 Å². The maximum Gasteiger partial charge on any atom is 0.246 e. The van der Waals surface area contributed by atoms with E-state index in [0.29, 0.717) is 13.0 Å². The Labute approximate surface area is 167 Å². The van der Waals surface area contributed by atoms with Crippen molar-refractivity contribution in [2.45, 2.75) is 70.4 Å². The molecule has 2 saturated heterocycles. The highest BCUT2D eigenvalue weighted by Crippen LogP contribution is 2.39. The summed E-state index contributed by atoms with van der Waals surface area (Å²) in [6.45, 7) is 2.79. The summed E-state index contributed by atoms with van der Waals surface area (Å²) in [7, 11) is 0. The van der Waals surface area contributed by atoms with Crippen molar-refractivity contribution >= 4 is 17.7 Å². The van der Waals surface area contributed by atoms with Gasteiger partial charge in [-0.1, -0.05) is 43.2 Å². The first-order valence-electron chi connectivity index (χ1n) is 10.8. The monoisotopic (exact) mass is 382 g/mol. The molecule has 1 saturated carbocycles. The van der Waals surface area contributed by atoms with Crippen LogP contribution in [0.2, 0.25) is 0 Å². The molecular formula is C23H30N2O3. The second kappa shape index (κ2) is 8.06. The smallest absolute Gasteiger partial charge is 0.246 e. The molecule has 150 valence electrons. The Morgan fingerprint density at radius 1 is 0.964 bits per heavy atom. The minimum atomic E-state index is -0.714. The van der Waals surface area contributed by atoms with E-state index in [2.05, 4.69) is 6.92 Å². The lowest BCUT2D eigenvalue weighted by Crippen LogP contribution is -2.55. The maximum atomic E-state index is 13.6. The molecule has 1 aromatic carbocycles. The van der Waals surface area contributed by atoms with Gasteiger partial charge in [-0.25, -0.2) is 0 Å². The van der Waals surface area contributed by atoms with Crippen LogP contribution in [-0.2, 0) is 20.8 Å². The molecule has 1 aromatic rings. The molecule has 0 radical (unpaired) electrons. The Bertz CT molecular complexity index is 723. The fourth-order valence-electron chi connectivity index (χ4n) is 5.24. The number of benzene rings is 1. The van der Waals surface area contributed by atoms with Gasteiger partial charge in [0, 0.05) is 19.0 Å². The lowest BCUT2D eigenvalue weighted by atomic mass is 9.81. The van der Waals surface area contributed by atoms with Gasteiger partial charge < -0.3 is 4.90 Å². The first-order valence-corrected chi connectivity index (χ1v) is 10.8. The molecule has 5 nitrogen and oxygen atoms in total. The van der Waals surface area contributed by atoms with Gasteiger partial charge in [0.25, 0.3) is 0 Å². The van der Waals surface area contributed by atoms with Crippen molar-refractivity contribution in [3.05, 3.63) is 35.9 Å². The van der Waals surface area contributed by atoms with Crippen LogP contribution >= 0.6 is 0 Å². The number of imide groups is 1. The highest BCUT2D eigenvalue weighted by Gasteiger charge is 2.52. The van der Waals surface area contributed by atoms with E-state index in [1.54, 1.807) is 0 Å². The van der Waals surface area contributed by atoms with Gasteiger partial charge in [0.2, 0.25) is 17.7 Å². The molecule has 3 fully saturated rings. The lowest BCUT2D eigenvalue weighted by Gasteiger charge is -2.38. The number of nitrogens with zero attached hydrogens (tertiary/aromatic N) is 2. The molecular weight excluding hydrogens is 352 g/mol. The van der Waals surface area contributed by atoms with Gasteiger partial charge in [0.05, 0.1) is 11.8 Å². The standard InChI is InChI=1S/C23H30N2O3/c1-16-9-7-8-14-24(16)23(28)20(15-17-10-3-2-4-11-17)25-21(26)18-12-5-6-13-19(18)22(25)27/h2-4,10-11,16,18-20H,5-9,12-15H2,1H3/t16-,18-,19-,20-/m0/s1. The van der Waals surface area contributed by atoms with Crippen LogP contribution in [0.4, 0.5) is 0 Å². The maximum absolute atomic E-state index is 13.6. The highest BCUT2D eigenvalue weighted by molar-refractivity contribution is 6.08. The first kappa shape index (κ1) is 19.2. The third kappa shape index (κ3) is 3.47. The van der Waals surface area contributed by atoms with E-state index in [9.17, 15) is 14.4 Å². The molecule has 28 heavy (non-hydrogen) atoms. The topological polar surface area (TPSA) is 57.7 Å². The molecule has 5 heteroatoms. The molecule has 0 spiro atoms.